The second-order valence-corrected chi connectivity index (χ2v) is 8.00. The number of carbonyl (C=O) groups is 3. The molecule has 0 fully saturated rings. The van der Waals surface area contributed by atoms with Crippen molar-refractivity contribution in [1.29, 1.82) is 0 Å². The molecule has 1 rings (SSSR count). The van der Waals surface area contributed by atoms with Crippen molar-refractivity contribution in [1.82, 2.24) is 9.47 Å². The van der Waals surface area contributed by atoms with Crippen LogP contribution in [0.1, 0.15) is 73.1 Å². The summed E-state index contributed by atoms with van der Waals surface area (Å²) in [7, 11) is 3.39. The van der Waals surface area contributed by atoms with E-state index >= 15 is 0 Å². The highest BCUT2D eigenvalue weighted by molar-refractivity contribution is 6.06. The Morgan fingerprint density at radius 2 is 1.73 bits per heavy atom. The van der Waals surface area contributed by atoms with Crippen LogP contribution in [0.3, 0.4) is 0 Å². The minimum atomic E-state index is -0.611. The molecule has 6 nitrogen and oxygen atoms in total. The summed E-state index contributed by atoms with van der Waals surface area (Å²) in [4.78, 5) is 39.3. The van der Waals surface area contributed by atoms with Crippen molar-refractivity contribution >= 4 is 17.7 Å². The van der Waals surface area contributed by atoms with Gasteiger partial charge < -0.3 is 14.2 Å². The lowest BCUT2D eigenvalue weighted by Gasteiger charge is -2.27. The van der Waals surface area contributed by atoms with E-state index in [4.69, 9.17) is 4.74 Å². The van der Waals surface area contributed by atoms with E-state index in [1.54, 1.807) is 46.4 Å². The lowest BCUT2D eigenvalue weighted by atomic mass is 9.91. The molecule has 1 aromatic heterocycles. The summed E-state index contributed by atoms with van der Waals surface area (Å²) in [5, 5.41) is 0. The number of amides is 1. The third kappa shape index (κ3) is 4.54. The summed E-state index contributed by atoms with van der Waals surface area (Å²) in [5.41, 5.74) is 2.00. The Bertz CT molecular complexity index is 710. The van der Waals surface area contributed by atoms with Crippen LogP contribution in [-0.4, -0.2) is 46.8 Å². The number of hydrogen-bond acceptors (Lipinski definition) is 4. The lowest BCUT2D eigenvalue weighted by Crippen LogP contribution is -2.42. The number of esters is 1. The van der Waals surface area contributed by atoms with Crippen molar-refractivity contribution in [3.8, 4) is 0 Å². The highest BCUT2D eigenvalue weighted by Gasteiger charge is 2.31. The molecule has 0 N–H and O–H groups in total. The zero-order chi connectivity index (χ0) is 20.4. The Kier molecular flexibility index (Phi) is 6.80. The van der Waals surface area contributed by atoms with Crippen molar-refractivity contribution in [3.63, 3.8) is 0 Å². The van der Waals surface area contributed by atoms with Gasteiger partial charge in [0.05, 0.1) is 12.6 Å². The Balaban J connectivity index is 3.19. The maximum atomic E-state index is 13.1. The van der Waals surface area contributed by atoms with Crippen molar-refractivity contribution < 1.29 is 19.1 Å². The van der Waals surface area contributed by atoms with E-state index in [0.717, 1.165) is 0 Å². The molecular formula is C20H32N2O4. The first kappa shape index (κ1) is 21.9. The lowest BCUT2D eigenvalue weighted by molar-refractivity contribution is -0.132. The van der Waals surface area contributed by atoms with Crippen LogP contribution >= 0.6 is 0 Å². The van der Waals surface area contributed by atoms with Gasteiger partial charge in [0.25, 0.3) is 0 Å². The Labute approximate surface area is 156 Å². The summed E-state index contributed by atoms with van der Waals surface area (Å²) in [6.45, 7) is 13.2. The number of nitrogens with zero attached hydrogens (tertiary/aromatic N) is 2. The first-order valence-electron chi connectivity index (χ1n) is 8.96. The molecule has 6 heteroatoms. The van der Waals surface area contributed by atoms with Gasteiger partial charge in [-0.05, 0) is 38.7 Å². The summed E-state index contributed by atoms with van der Waals surface area (Å²) < 4.78 is 6.79. The van der Waals surface area contributed by atoms with Gasteiger partial charge in [-0.25, -0.2) is 4.79 Å². The largest absolute Gasteiger partial charge is 0.461 e. The number of ketones is 1. The predicted octanol–water partition coefficient (Wildman–Crippen LogP) is 3.28. The zero-order valence-corrected chi connectivity index (χ0v) is 17.5. The van der Waals surface area contributed by atoms with Gasteiger partial charge in [-0.1, -0.05) is 20.8 Å². The molecule has 146 valence electrons. The molecule has 0 radical (unpaired) electrons. The molecule has 1 atom stereocenters. The standard InChI is InChI=1S/C20H32N2O4/c1-10-26-19(25)17-12(2)16(13(3)22(17)9)18(24)14(4)21(8)15(23)11-20(5,6)7/h14H,10-11H2,1-9H3/t14-/m1/s1. The molecule has 0 saturated heterocycles. The van der Waals surface area contributed by atoms with Gasteiger partial charge in [-0.15, -0.1) is 0 Å². The Morgan fingerprint density at radius 3 is 2.19 bits per heavy atom. The fourth-order valence-electron chi connectivity index (χ4n) is 3.01. The van der Waals surface area contributed by atoms with Crippen molar-refractivity contribution in [2.24, 2.45) is 12.5 Å². The molecule has 1 heterocycles. The van der Waals surface area contributed by atoms with E-state index in [1.807, 2.05) is 20.8 Å². The average Bonchev–Trinajstić information content (AvgIpc) is 2.73. The first-order valence-corrected chi connectivity index (χ1v) is 8.96. The molecule has 0 aromatic carbocycles. The van der Waals surface area contributed by atoms with E-state index in [0.29, 0.717) is 28.9 Å². The maximum absolute atomic E-state index is 13.1. The monoisotopic (exact) mass is 364 g/mol. The number of likely N-dealkylation sites (N-methyl/N-ethyl adjacent to an activating group) is 1. The van der Waals surface area contributed by atoms with Gasteiger partial charge in [0.1, 0.15) is 5.69 Å². The van der Waals surface area contributed by atoms with Crippen molar-refractivity contribution in [2.75, 3.05) is 13.7 Å². The fourth-order valence-corrected chi connectivity index (χ4v) is 3.01. The van der Waals surface area contributed by atoms with E-state index in [1.165, 1.54) is 4.90 Å². The summed E-state index contributed by atoms with van der Waals surface area (Å²) in [5.74, 6) is -0.689. The van der Waals surface area contributed by atoms with E-state index in [2.05, 4.69) is 0 Å². The molecule has 0 saturated carbocycles. The van der Waals surface area contributed by atoms with Crippen molar-refractivity contribution in [3.05, 3.63) is 22.5 Å². The van der Waals surface area contributed by atoms with Crippen LogP contribution in [0.2, 0.25) is 0 Å². The van der Waals surface area contributed by atoms with Crippen LogP contribution in [0.15, 0.2) is 0 Å². The quantitative estimate of drug-likeness (QED) is 0.574. The minimum absolute atomic E-state index is 0.0739. The van der Waals surface area contributed by atoms with Crippen LogP contribution < -0.4 is 0 Å². The molecule has 0 spiro atoms. The zero-order valence-electron chi connectivity index (χ0n) is 17.5. The normalized spacial score (nSPS) is 12.7. The highest BCUT2D eigenvalue weighted by atomic mass is 16.5. The summed E-state index contributed by atoms with van der Waals surface area (Å²) >= 11 is 0. The number of carbonyl (C=O) groups excluding carboxylic acids is 3. The summed E-state index contributed by atoms with van der Waals surface area (Å²) in [6.07, 6.45) is 0.363. The molecule has 0 bridgehead atoms. The predicted molar refractivity (Wildman–Crippen MR) is 101 cm³/mol. The van der Waals surface area contributed by atoms with Gasteiger partial charge >= 0.3 is 5.97 Å². The third-order valence-corrected chi connectivity index (χ3v) is 4.68. The van der Waals surface area contributed by atoms with Crippen LogP contribution in [0, 0.1) is 19.3 Å². The molecule has 0 aliphatic rings. The maximum Gasteiger partial charge on any atom is 0.355 e. The smallest absolute Gasteiger partial charge is 0.355 e. The second kappa shape index (κ2) is 8.06. The molecule has 1 amide bonds. The van der Waals surface area contributed by atoms with E-state index in [-0.39, 0.29) is 23.7 Å². The molecule has 0 aliphatic heterocycles. The van der Waals surface area contributed by atoms with Gasteiger partial charge in [-0.2, -0.15) is 0 Å². The number of rotatable bonds is 6. The van der Waals surface area contributed by atoms with E-state index in [9.17, 15) is 14.4 Å². The Hall–Kier alpha value is -2.11. The topological polar surface area (TPSA) is 68.6 Å². The van der Waals surface area contributed by atoms with Crippen LogP contribution in [0.25, 0.3) is 0 Å². The van der Waals surface area contributed by atoms with Gasteiger partial charge in [0.15, 0.2) is 5.78 Å². The minimum Gasteiger partial charge on any atom is -0.461 e. The van der Waals surface area contributed by atoms with Gasteiger partial charge in [-0.3, -0.25) is 9.59 Å². The van der Waals surface area contributed by atoms with Crippen LogP contribution in [0.4, 0.5) is 0 Å². The molecular weight excluding hydrogens is 332 g/mol. The van der Waals surface area contributed by atoms with Crippen LogP contribution in [-0.2, 0) is 16.6 Å². The fraction of sp³-hybridized carbons (Fsp3) is 0.650. The number of Topliss-reactive ketones (excluding diaryl/α,β-unsaturated/α-hetero) is 1. The van der Waals surface area contributed by atoms with Crippen LogP contribution in [0.5, 0.6) is 0 Å². The molecule has 0 aliphatic carbocycles. The average molecular weight is 364 g/mol. The summed E-state index contributed by atoms with van der Waals surface area (Å²) in [6, 6.07) is -0.611. The molecule has 0 unspecified atom stereocenters. The molecule has 1 aromatic rings. The number of hydrogen-bond donors (Lipinski definition) is 0. The first-order chi connectivity index (χ1) is 11.8. The SMILES string of the molecule is CCOC(=O)c1c(C)c(C(=O)[C@@H](C)N(C)C(=O)CC(C)(C)C)c(C)n1C. The highest BCUT2D eigenvalue weighted by Crippen LogP contribution is 2.25. The van der Waals surface area contributed by atoms with E-state index < -0.39 is 12.0 Å². The van der Waals surface area contributed by atoms with Gasteiger partial charge in [0, 0.05) is 31.8 Å². The second-order valence-electron chi connectivity index (χ2n) is 8.00. The van der Waals surface area contributed by atoms with Gasteiger partial charge in [0.2, 0.25) is 5.91 Å². The number of aromatic nitrogens is 1. The van der Waals surface area contributed by atoms with Crippen molar-refractivity contribution in [2.45, 2.75) is 60.9 Å². The molecule has 26 heavy (non-hydrogen) atoms. The third-order valence-electron chi connectivity index (χ3n) is 4.68. The Morgan fingerprint density at radius 1 is 1.19 bits per heavy atom. The number of ether oxygens (including phenoxy) is 1.